The standard InChI is InChI=1S/C37H25NS/c1-24-11-9-15-27(21-24)31-23-32-29-17-5-7-19-33(29)38(28-16-10-14-26(22-28)25-12-3-2-4-13-25)36(32)35-30-18-6-8-20-34(30)39-37(31)35/h2-23H,1H3. The molecule has 0 aliphatic carbocycles. The maximum Gasteiger partial charge on any atom is 0.0634 e. The Hall–Kier alpha value is -4.66. The molecule has 0 fully saturated rings. The topological polar surface area (TPSA) is 4.93 Å². The molecule has 2 aromatic heterocycles. The molecular formula is C37H25NS. The van der Waals surface area contributed by atoms with Crippen LogP contribution in [0, 0.1) is 6.92 Å². The van der Waals surface area contributed by atoms with Gasteiger partial charge in [-0.3, -0.25) is 0 Å². The van der Waals surface area contributed by atoms with E-state index in [2.05, 4.69) is 145 Å². The van der Waals surface area contributed by atoms with E-state index in [1.54, 1.807) is 0 Å². The molecule has 0 radical (unpaired) electrons. The Labute approximate surface area is 231 Å². The van der Waals surface area contributed by atoms with Gasteiger partial charge in [-0.1, -0.05) is 109 Å². The molecule has 2 heteroatoms. The van der Waals surface area contributed by atoms with Gasteiger partial charge in [-0.2, -0.15) is 0 Å². The summed E-state index contributed by atoms with van der Waals surface area (Å²) < 4.78 is 5.15. The van der Waals surface area contributed by atoms with Crippen LogP contribution >= 0.6 is 11.3 Å². The van der Waals surface area contributed by atoms with Crippen molar-refractivity contribution in [3.63, 3.8) is 0 Å². The van der Waals surface area contributed by atoms with Crippen molar-refractivity contribution < 1.29 is 0 Å². The number of benzene rings is 6. The third-order valence-electron chi connectivity index (χ3n) is 7.82. The summed E-state index contributed by atoms with van der Waals surface area (Å²) in [4.78, 5) is 0. The van der Waals surface area contributed by atoms with Gasteiger partial charge in [0.2, 0.25) is 0 Å². The first kappa shape index (κ1) is 22.3. The molecule has 8 aromatic rings. The first-order chi connectivity index (χ1) is 19.3. The molecule has 2 heterocycles. The quantitative estimate of drug-likeness (QED) is 0.220. The molecule has 0 spiro atoms. The zero-order valence-electron chi connectivity index (χ0n) is 21.6. The highest BCUT2D eigenvalue weighted by Gasteiger charge is 2.21. The Morgan fingerprint density at radius 2 is 1.26 bits per heavy atom. The number of aryl methyl sites for hydroxylation is 1. The van der Waals surface area contributed by atoms with Crippen LogP contribution in [0.15, 0.2) is 133 Å². The van der Waals surface area contributed by atoms with E-state index < -0.39 is 0 Å². The molecule has 0 N–H and O–H groups in total. The third-order valence-corrected chi connectivity index (χ3v) is 9.02. The predicted molar refractivity (Wildman–Crippen MR) is 169 cm³/mol. The zero-order valence-corrected chi connectivity index (χ0v) is 22.4. The van der Waals surface area contributed by atoms with Crippen LogP contribution in [-0.2, 0) is 0 Å². The summed E-state index contributed by atoms with van der Waals surface area (Å²) in [5.74, 6) is 0. The van der Waals surface area contributed by atoms with Crippen molar-refractivity contribution >= 4 is 53.3 Å². The van der Waals surface area contributed by atoms with Crippen molar-refractivity contribution in [3.8, 4) is 27.9 Å². The maximum absolute atomic E-state index is 2.48. The minimum absolute atomic E-state index is 1.18. The van der Waals surface area contributed by atoms with E-state index in [9.17, 15) is 0 Å². The number of thiophene rings is 1. The highest BCUT2D eigenvalue weighted by atomic mass is 32.1. The van der Waals surface area contributed by atoms with E-state index in [-0.39, 0.29) is 0 Å². The van der Waals surface area contributed by atoms with Crippen molar-refractivity contribution in [3.05, 3.63) is 139 Å². The lowest BCUT2D eigenvalue weighted by molar-refractivity contribution is 1.19. The zero-order chi connectivity index (χ0) is 25.9. The Morgan fingerprint density at radius 3 is 2.13 bits per heavy atom. The number of fused-ring (bicyclic) bond motifs is 7. The molecule has 6 aromatic carbocycles. The lowest BCUT2D eigenvalue weighted by Crippen LogP contribution is -1.95. The largest absolute Gasteiger partial charge is 0.309 e. The summed E-state index contributed by atoms with van der Waals surface area (Å²) in [6.07, 6.45) is 0. The highest BCUT2D eigenvalue weighted by molar-refractivity contribution is 7.26. The van der Waals surface area contributed by atoms with Gasteiger partial charge in [0.1, 0.15) is 0 Å². The fourth-order valence-electron chi connectivity index (χ4n) is 6.09. The lowest BCUT2D eigenvalue weighted by Gasteiger charge is -2.12. The number of rotatable bonds is 3. The van der Waals surface area contributed by atoms with Crippen LogP contribution in [0.5, 0.6) is 0 Å². The van der Waals surface area contributed by atoms with Crippen molar-refractivity contribution in [1.82, 2.24) is 4.57 Å². The van der Waals surface area contributed by atoms with Gasteiger partial charge in [-0.05, 0) is 53.9 Å². The number of para-hydroxylation sites is 1. The Kier molecular flexibility index (Phi) is 4.98. The van der Waals surface area contributed by atoms with Crippen LogP contribution in [-0.4, -0.2) is 4.57 Å². The van der Waals surface area contributed by atoms with Crippen molar-refractivity contribution in [2.45, 2.75) is 6.92 Å². The van der Waals surface area contributed by atoms with E-state index in [0.717, 1.165) is 0 Å². The summed E-state index contributed by atoms with van der Waals surface area (Å²) in [5.41, 5.74) is 10.0. The van der Waals surface area contributed by atoms with Gasteiger partial charge in [0, 0.05) is 42.2 Å². The average molecular weight is 516 g/mol. The fourth-order valence-corrected chi connectivity index (χ4v) is 7.33. The van der Waals surface area contributed by atoms with E-state index in [1.807, 2.05) is 11.3 Å². The SMILES string of the molecule is Cc1cccc(-c2cc3c4ccccc4n(-c4cccc(-c5ccccc5)c4)c3c3c2sc2ccccc23)c1. The summed E-state index contributed by atoms with van der Waals surface area (Å²) in [6.45, 7) is 2.18. The summed E-state index contributed by atoms with van der Waals surface area (Å²) in [5, 5.41) is 5.23. The monoisotopic (exact) mass is 515 g/mol. The molecule has 0 aliphatic heterocycles. The van der Waals surface area contributed by atoms with E-state index in [0.29, 0.717) is 0 Å². The molecule has 0 unspecified atom stereocenters. The maximum atomic E-state index is 2.48. The van der Waals surface area contributed by atoms with Crippen LogP contribution in [0.3, 0.4) is 0 Å². The second-order valence-corrected chi connectivity index (χ2v) is 11.3. The van der Waals surface area contributed by atoms with Gasteiger partial charge in [-0.15, -0.1) is 11.3 Å². The molecule has 1 nitrogen and oxygen atoms in total. The van der Waals surface area contributed by atoms with Crippen LogP contribution in [0.2, 0.25) is 0 Å². The molecule has 0 atom stereocenters. The van der Waals surface area contributed by atoms with Gasteiger partial charge in [0.05, 0.1) is 11.0 Å². The average Bonchev–Trinajstić information content (AvgIpc) is 3.53. The van der Waals surface area contributed by atoms with Crippen molar-refractivity contribution in [1.29, 1.82) is 0 Å². The molecule has 0 aliphatic rings. The minimum atomic E-state index is 1.18. The molecule has 0 saturated heterocycles. The van der Waals surface area contributed by atoms with Gasteiger partial charge < -0.3 is 4.57 Å². The minimum Gasteiger partial charge on any atom is -0.309 e. The molecule has 0 saturated carbocycles. The summed E-state index contributed by atoms with van der Waals surface area (Å²) in [6, 6.07) is 48.7. The first-order valence-corrected chi connectivity index (χ1v) is 14.2. The Morgan fingerprint density at radius 1 is 0.538 bits per heavy atom. The van der Waals surface area contributed by atoms with E-state index >= 15 is 0 Å². The lowest BCUT2D eigenvalue weighted by atomic mass is 9.98. The van der Waals surface area contributed by atoms with Gasteiger partial charge in [0.15, 0.2) is 0 Å². The van der Waals surface area contributed by atoms with Crippen LogP contribution in [0.25, 0.3) is 69.9 Å². The van der Waals surface area contributed by atoms with Crippen LogP contribution in [0.4, 0.5) is 0 Å². The molecule has 0 amide bonds. The molecule has 0 bridgehead atoms. The van der Waals surface area contributed by atoms with Gasteiger partial charge in [0.25, 0.3) is 0 Å². The summed E-state index contributed by atoms with van der Waals surface area (Å²) >= 11 is 1.90. The molecule has 184 valence electrons. The predicted octanol–water partition coefficient (Wildman–Crippen LogP) is 10.8. The Balaban J connectivity index is 1.56. The number of hydrogen-bond acceptors (Lipinski definition) is 1. The smallest absolute Gasteiger partial charge is 0.0634 e. The summed E-state index contributed by atoms with van der Waals surface area (Å²) in [7, 11) is 0. The number of aromatic nitrogens is 1. The first-order valence-electron chi connectivity index (χ1n) is 13.4. The molecule has 8 rings (SSSR count). The van der Waals surface area contributed by atoms with Crippen molar-refractivity contribution in [2.75, 3.05) is 0 Å². The third kappa shape index (κ3) is 3.46. The molecule has 39 heavy (non-hydrogen) atoms. The van der Waals surface area contributed by atoms with Crippen LogP contribution < -0.4 is 0 Å². The second-order valence-electron chi connectivity index (χ2n) is 10.3. The Bertz CT molecular complexity index is 2180. The van der Waals surface area contributed by atoms with Crippen LogP contribution in [0.1, 0.15) is 5.56 Å². The fraction of sp³-hybridized carbons (Fsp3) is 0.0270. The van der Waals surface area contributed by atoms with E-state index in [4.69, 9.17) is 0 Å². The number of nitrogens with zero attached hydrogens (tertiary/aromatic N) is 1. The van der Waals surface area contributed by atoms with Gasteiger partial charge in [-0.25, -0.2) is 0 Å². The second kappa shape index (κ2) is 8.69. The normalized spacial score (nSPS) is 11.7. The van der Waals surface area contributed by atoms with Crippen molar-refractivity contribution in [2.24, 2.45) is 0 Å². The molecular weight excluding hydrogens is 490 g/mol. The van der Waals surface area contributed by atoms with E-state index in [1.165, 1.54) is 75.5 Å². The highest BCUT2D eigenvalue weighted by Crippen LogP contribution is 2.47. The van der Waals surface area contributed by atoms with Gasteiger partial charge >= 0.3 is 0 Å². The number of hydrogen-bond donors (Lipinski definition) is 0.